The number of fused-ring (bicyclic) bond motifs is 1. The van der Waals surface area contributed by atoms with Crippen LogP contribution in [0.15, 0.2) is 23.1 Å². The fraction of sp³-hybridized carbons (Fsp3) is 0.500. The highest BCUT2D eigenvalue weighted by atomic mass is 19.4. The second kappa shape index (κ2) is 5.88. The summed E-state index contributed by atoms with van der Waals surface area (Å²) >= 11 is 0. The quantitative estimate of drug-likeness (QED) is 0.768. The number of pyridine rings is 1. The summed E-state index contributed by atoms with van der Waals surface area (Å²) in [5, 5.41) is 3.90. The molecule has 5 nitrogen and oxygen atoms in total. The van der Waals surface area contributed by atoms with Crippen LogP contribution >= 0.6 is 0 Å². The molecule has 0 radical (unpaired) electrons. The third-order valence-corrected chi connectivity index (χ3v) is 4.04. The van der Waals surface area contributed by atoms with Gasteiger partial charge in [-0.05, 0) is 18.1 Å². The minimum atomic E-state index is -4.57. The Hall–Kier alpha value is -2.33. The molecule has 0 unspecified atom stereocenters. The fourth-order valence-electron chi connectivity index (χ4n) is 2.71. The van der Waals surface area contributed by atoms with Gasteiger partial charge in [0.05, 0.1) is 12.5 Å². The zero-order valence-corrected chi connectivity index (χ0v) is 12.6. The second-order valence-electron chi connectivity index (χ2n) is 5.79. The molecule has 0 amide bonds. The van der Waals surface area contributed by atoms with Crippen LogP contribution in [0.5, 0.6) is 0 Å². The minimum absolute atomic E-state index is 0.0263. The molecule has 0 bridgehead atoms. The molecule has 0 saturated carbocycles. The van der Waals surface area contributed by atoms with Crippen LogP contribution in [0.25, 0.3) is 0 Å². The lowest BCUT2D eigenvalue weighted by Gasteiger charge is -2.23. The Morgan fingerprint density at radius 3 is 2.44 bits per heavy atom. The summed E-state index contributed by atoms with van der Waals surface area (Å²) in [6.45, 7) is -0.260. The van der Waals surface area contributed by atoms with Crippen molar-refractivity contribution >= 4 is 0 Å². The monoisotopic (exact) mass is 366 g/mol. The molecule has 0 aromatic carbocycles. The van der Waals surface area contributed by atoms with Crippen LogP contribution in [-0.4, -0.2) is 25.5 Å². The van der Waals surface area contributed by atoms with Gasteiger partial charge in [-0.2, -0.15) is 31.4 Å². The number of hydrogen-bond donors (Lipinski definition) is 0. The fourth-order valence-corrected chi connectivity index (χ4v) is 2.71. The second-order valence-corrected chi connectivity index (χ2v) is 5.79. The highest BCUT2D eigenvalue weighted by molar-refractivity contribution is 5.16. The van der Waals surface area contributed by atoms with E-state index in [0.717, 1.165) is 23.0 Å². The molecule has 0 spiro atoms. The predicted octanol–water partition coefficient (Wildman–Crippen LogP) is 2.63. The van der Waals surface area contributed by atoms with Crippen molar-refractivity contribution < 1.29 is 26.3 Å². The maximum Gasteiger partial charge on any atom is 0.433 e. The summed E-state index contributed by atoms with van der Waals surface area (Å²) in [6, 6.07) is 1.93. The molecular formula is C14H12F6N4O. The number of alkyl halides is 6. The van der Waals surface area contributed by atoms with Crippen LogP contribution in [-0.2, 0) is 25.7 Å². The van der Waals surface area contributed by atoms with E-state index < -0.39 is 36.1 Å². The van der Waals surface area contributed by atoms with Gasteiger partial charge in [-0.1, -0.05) is 6.07 Å². The largest absolute Gasteiger partial charge is 0.433 e. The van der Waals surface area contributed by atoms with Crippen LogP contribution < -0.4 is 5.69 Å². The smallest absolute Gasteiger partial charge is 0.279 e. The highest BCUT2D eigenvalue weighted by Crippen LogP contribution is 2.33. The average Bonchev–Trinajstić information content (AvgIpc) is 2.82. The summed E-state index contributed by atoms with van der Waals surface area (Å²) in [6.07, 6.45) is -8.56. The normalized spacial score (nSPS) is 18.2. The minimum Gasteiger partial charge on any atom is -0.279 e. The third kappa shape index (κ3) is 3.54. The molecule has 2 aromatic rings. The van der Waals surface area contributed by atoms with Crippen molar-refractivity contribution in [3.05, 3.63) is 45.9 Å². The van der Waals surface area contributed by atoms with Crippen molar-refractivity contribution in [2.24, 2.45) is 5.92 Å². The first kappa shape index (κ1) is 17.5. The molecular weight excluding hydrogens is 354 g/mol. The molecule has 25 heavy (non-hydrogen) atoms. The Kier molecular flexibility index (Phi) is 4.12. The summed E-state index contributed by atoms with van der Waals surface area (Å²) in [5.74, 6) is -1.53. The van der Waals surface area contributed by atoms with Crippen molar-refractivity contribution in [1.82, 2.24) is 19.3 Å². The Labute approximate surface area is 136 Å². The van der Waals surface area contributed by atoms with E-state index in [1.165, 1.54) is 4.57 Å². The Morgan fingerprint density at radius 2 is 1.88 bits per heavy atom. The molecule has 3 heterocycles. The SMILES string of the molecule is O=c1n(Cc2ccc(C(F)(F)F)nc2)nc2n1CC[C@@H](C(F)(F)F)C2. The lowest BCUT2D eigenvalue weighted by atomic mass is 9.97. The van der Waals surface area contributed by atoms with Crippen LogP contribution in [0.2, 0.25) is 0 Å². The molecule has 1 aliphatic heterocycles. The van der Waals surface area contributed by atoms with Gasteiger partial charge in [0.25, 0.3) is 0 Å². The first-order chi connectivity index (χ1) is 11.6. The van der Waals surface area contributed by atoms with E-state index in [4.69, 9.17) is 0 Å². The molecule has 136 valence electrons. The van der Waals surface area contributed by atoms with Gasteiger partial charge in [-0.3, -0.25) is 9.55 Å². The highest BCUT2D eigenvalue weighted by Gasteiger charge is 2.42. The lowest BCUT2D eigenvalue weighted by molar-refractivity contribution is -0.179. The molecule has 0 N–H and O–H groups in total. The van der Waals surface area contributed by atoms with Gasteiger partial charge in [0.1, 0.15) is 11.5 Å². The maximum atomic E-state index is 12.8. The summed E-state index contributed by atoms with van der Waals surface area (Å²) in [5.41, 5.74) is -1.37. The van der Waals surface area contributed by atoms with Crippen LogP contribution in [0.3, 0.4) is 0 Å². The van der Waals surface area contributed by atoms with Crippen LogP contribution in [0.4, 0.5) is 26.3 Å². The van der Waals surface area contributed by atoms with E-state index in [-0.39, 0.29) is 30.9 Å². The van der Waals surface area contributed by atoms with E-state index >= 15 is 0 Å². The topological polar surface area (TPSA) is 52.7 Å². The van der Waals surface area contributed by atoms with E-state index in [1.807, 2.05) is 0 Å². The number of hydrogen-bond acceptors (Lipinski definition) is 3. The van der Waals surface area contributed by atoms with Gasteiger partial charge in [-0.25, -0.2) is 9.48 Å². The first-order valence-electron chi connectivity index (χ1n) is 7.31. The molecule has 0 aliphatic carbocycles. The lowest BCUT2D eigenvalue weighted by Crippen LogP contribution is -2.34. The molecule has 0 saturated heterocycles. The number of halogens is 6. The standard InChI is InChI=1S/C14H12F6N4O/c15-13(16,17)9-3-4-23-11(5-9)22-24(12(23)25)7-8-1-2-10(21-6-8)14(18,19)20/h1-2,6,9H,3-5,7H2/t9-/m1/s1. The van der Waals surface area contributed by atoms with Crippen LogP contribution in [0.1, 0.15) is 23.5 Å². The van der Waals surface area contributed by atoms with Gasteiger partial charge in [0, 0.05) is 19.2 Å². The molecule has 3 rings (SSSR count). The van der Waals surface area contributed by atoms with Crippen LogP contribution in [0, 0.1) is 5.92 Å². The van der Waals surface area contributed by atoms with Crippen molar-refractivity contribution in [1.29, 1.82) is 0 Å². The van der Waals surface area contributed by atoms with Gasteiger partial charge >= 0.3 is 18.0 Å². The predicted molar refractivity (Wildman–Crippen MR) is 72.7 cm³/mol. The maximum absolute atomic E-state index is 12.8. The summed E-state index contributed by atoms with van der Waals surface area (Å²) in [4.78, 5) is 15.5. The molecule has 0 fully saturated rings. The van der Waals surface area contributed by atoms with Gasteiger partial charge in [-0.15, -0.1) is 0 Å². The van der Waals surface area contributed by atoms with Crippen molar-refractivity contribution in [2.45, 2.75) is 38.3 Å². The van der Waals surface area contributed by atoms with Crippen molar-refractivity contribution in [3.63, 3.8) is 0 Å². The summed E-state index contributed by atoms with van der Waals surface area (Å²) in [7, 11) is 0. The Bertz CT molecular complexity index is 818. The first-order valence-corrected chi connectivity index (χ1v) is 7.31. The Balaban J connectivity index is 1.81. The van der Waals surface area contributed by atoms with E-state index in [0.29, 0.717) is 0 Å². The van der Waals surface area contributed by atoms with E-state index in [2.05, 4.69) is 10.1 Å². The number of aromatic nitrogens is 4. The third-order valence-electron chi connectivity index (χ3n) is 4.04. The molecule has 1 aliphatic rings. The van der Waals surface area contributed by atoms with Gasteiger partial charge in [0.2, 0.25) is 0 Å². The van der Waals surface area contributed by atoms with E-state index in [9.17, 15) is 31.1 Å². The average molecular weight is 366 g/mol. The molecule has 2 aromatic heterocycles. The molecule has 1 atom stereocenters. The zero-order chi connectivity index (χ0) is 18.4. The number of nitrogens with zero attached hydrogens (tertiary/aromatic N) is 4. The van der Waals surface area contributed by atoms with Crippen molar-refractivity contribution in [2.75, 3.05) is 0 Å². The van der Waals surface area contributed by atoms with Crippen molar-refractivity contribution in [3.8, 4) is 0 Å². The summed E-state index contributed by atoms with van der Waals surface area (Å²) < 4.78 is 77.9. The molecule has 11 heteroatoms. The Morgan fingerprint density at radius 1 is 1.16 bits per heavy atom. The van der Waals surface area contributed by atoms with Gasteiger partial charge in [0.15, 0.2) is 0 Å². The van der Waals surface area contributed by atoms with Gasteiger partial charge < -0.3 is 0 Å². The number of rotatable bonds is 2. The zero-order valence-electron chi connectivity index (χ0n) is 12.6. The van der Waals surface area contributed by atoms with E-state index in [1.54, 1.807) is 0 Å².